The molecule has 1 aromatic heterocycles. The number of oxime groups is 1. The molecule has 0 spiro atoms. The molecule has 1 aromatic carbocycles. The second kappa shape index (κ2) is 6.11. The predicted molar refractivity (Wildman–Crippen MR) is 90.1 cm³/mol. The van der Waals surface area contributed by atoms with Crippen LogP contribution >= 0.6 is 0 Å². The number of imidazole rings is 1. The van der Waals surface area contributed by atoms with Crippen LogP contribution in [0.5, 0.6) is 0 Å². The molecule has 0 saturated heterocycles. The summed E-state index contributed by atoms with van der Waals surface area (Å²) in [5.74, 6) is -0.392. The highest BCUT2D eigenvalue weighted by Gasteiger charge is 2.41. The smallest absolute Gasteiger partial charge is 0.356 e. The fraction of sp³-hybridized carbons (Fsp3) is 0.389. The summed E-state index contributed by atoms with van der Waals surface area (Å²) >= 11 is 0. The molecular weight excluding hydrogens is 306 g/mol. The van der Waals surface area contributed by atoms with E-state index in [1.807, 2.05) is 22.8 Å². The number of methoxy groups -OCH3 is 1. The SMILES string of the molecule is CO/N=C1\CC(C)(C)[C@@H](n2cncc2C(=O)OC)c2ccccc21. The molecule has 1 heterocycles. The van der Waals surface area contributed by atoms with Crippen molar-refractivity contribution < 1.29 is 14.4 Å². The summed E-state index contributed by atoms with van der Waals surface area (Å²) in [6, 6.07) is 8.01. The van der Waals surface area contributed by atoms with Crippen LogP contribution in [0.3, 0.4) is 0 Å². The number of carbonyl (C=O) groups excluding carboxylic acids is 1. The predicted octanol–water partition coefficient (Wildman–Crippen LogP) is 3.04. The van der Waals surface area contributed by atoms with E-state index in [9.17, 15) is 4.79 Å². The van der Waals surface area contributed by atoms with E-state index in [0.29, 0.717) is 5.69 Å². The monoisotopic (exact) mass is 327 g/mol. The fourth-order valence-electron chi connectivity index (χ4n) is 3.53. The van der Waals surface area contributed by atoms with Crippen molar-refractivity contribution in [1.82, 2.24) is 9.55 Å². The molecule has 0 bridgehead atoms. The van der Waals surface area contributed by atoms with Crippen LogP contribution in [-0.4, -0.2) is 35.5 Å². The Kier molecular flexibility index (Phi) is 4.13. The largest absolute Gasteiger partial charge is 0.464 e. The summed E-state index contributed by atoms with van der Waals surface area (Å²) in [6.07, 6.45) is 3.96. The molecule has 0 amide bonds. The standard InChI is InChI=1S/C18H21N3O3/c1-18(2)9-14(20-24-4)12-7-5-6-8-13(12)16(18)21-11-19-10-15(21)17(22)23-3/h5-8,10-11,16H,9H2,1-4H3/b20-14+/t16-/m0/s1. The van der Waals surface area contributed by atoms with Crippen molar-refractivity contribution in [2.75, 3.05) is 14.2 Å². The van der Waals surface area contributed by atoms with E-state index < -0.39 is 5.97 Å². The summed E-state index contributed by atoms with van der Waals surface area (Å²) in [4.78, 5) is 21.3. The Bertz CT molecular complexity index is 792. The third-order valence-corrected chi connectivity index (χ3v) is 4.47. The number of ether oxygens (including phenoxy) is 1. The minimum Gasteiger partial charge on any atom is -0.464 e. The first-order valence-electron chi connectivity index (χ1n) is 7.79. The molecule has 1 atom stereocenters. The van der Waals surface area contributed by atoms with Gasteiger partial charge in [0.25, 0.3) is 0 Å². The first kappa shape index (κ1) is 16.2. The van der Waals surface area contributed by atoms with Gasteiger partial charge in [-0.15, -0.1) is 0 Å². The van der Waals surface area contributed by atoms with Gasteiger partial charge in [-0.05, 0) is 11.0 Å². The topological polar surface area (TPSA) is 65.7 Å². The van der Waals surface area contributed by atoms with Gasteiger partial charge >= 0.3 is 5.97 Å². The highest BCUT2D eigenvalue weighted by molar-refractivity contribution is 6.03. The molecule has 0 saturated carbocycles. The van der Waals surface area contributed by atoms with E-state index in [0.717, 1.165) is 23.3 Å². The Morgan fingerprint density at radius 1 is 1.33 bits per heavy atom. The molecule has 0 unspecified atom stereocenters. The van der Waals surface area contributed by atoms with Crippen molar-refractivity contribution in [3.63, 3.8) is 0 Å². The molecule has 6 nitrogen and oxygen atoms in total. The van der Waals surface area contributed by atoms with Gasteiger partial charge in [0.15, 0.2) is 0 Å². The van der Waals surface area contributed by atoms with Crippen molar-refractivity contribution in [2.24, 2.45) is 10.6 Å². The maximum Gasteiger partial charge on any atom is 0.356 e. The van der Waals surface area contributed by atoms with E-state index in [1.54, 1.807) is 19.6 Å². The maximum absolute atomic E-state index is 12.1. The number of carbonyl (C=O) groups is 1. The van der Waals surface area contributed by atoms with Gasteiger partial charge in [0.1, 0.15) is 12.8 Å². The Hall–Kier alpha value is -2.63. The minimum absolute atomic E-state index is 0.0545. The number of hydrogen-bond donors (Lipinski definition) is 0. The Labute approximate surface area is 141 Å². The van der Waals surface area contributed by atoms with Gasteiger partial charge in [-0.1, -0.05) is 43.3 Å². The summed E-state index contributed by atoms with van der Waals surface area (Å²) in [5, 5.41) is 4.21. The molecule has 126 valence electrons. The van der Waals surface area contributed by atoms with Crippen LogP contribution in [0, 0.1) is 5.41 Å². The van der Waals surface area contributed by atoms with Gasteiger partial charge < -0.3 is 14.1 Å². The minimum atomic E-state index is -0.392. The molecule has 1 aliphatic rings. The molecule has 0 fully saturated rings. The zero-order valence-corrected chi connectivity index (χ0v) is 14.3. The van der Waals surface area contributed by atoms with E-state index in [-0.39, 0.29) is 11.5 Å². The molecule has 24 heavy (non-hydrogen) atoms. The average molecular weight is 327 g/mol. The van der Waals surface area contributed by atoms with Gasteiger partial charge in [0, 0.05) is 12.0 Å². The van der Waals surface area contributed by atoms with Crippen LogP contribution in [0.2, 0.25) is 0 Å². The molecule has 6 heteroatoms. The third-order valence-electron chi connectivity index (χ3n) is 4.47. The highest BCUT2D eigenvalue weighted by Crippen LogP contribution is 2.46. The molecule has 2 aromatic rings. The number of rotatable bonds is 3. The van der Waals surface area contributed by atoms with Crippen molar-refractivity contribution in [3.8, 4) is 0 Å². The molecule has 3 rings (SSSR count). The van der Waals surface area contributed by atoms with Gasteiger partial charge in [-0.2, -0.15) is 0 Å². The molecule has 1 aliphatic carbocycles. The van der Waals surface area contributed by atoms with E-state index in [2.05, 4.69) is 30.1 Å². The lowest BCUT2D eigenvalue weighted by Crippen LogP contribution is -2.37. The molecule has 0 radical (unpaired) electrons. The van der Waals surface area contributed by atoms with E-state index in [4.69, 9.17) is 9.57 Å². The van der Waals surface area contributed by atoms with Gasteiger partial charge in [-0.3, -0.25) is 0 Å². The first-order valence-corrected chi connectivity index (χ1v) is 7.79. The van der Waals surface area contributed by atoms with E-state index in [1.165, 1.54) is 7.11 Å². The number of nitrogens with zero attached hydrogens (tertiary/aromatic N) is 3. The van der Waals surface area contributed by atoms with Crippen LogP contribution in [0.1, 0.15) is 47.9 Å². The quantitative estimate of drug-likeness (QED) is 0.642. The summed E-state index contributed by atoms with van der Waals surface area (Å²) in [6.45, 7) is 4.31. The molecule has 0 aliphatic heterocycles. The molecular formula is C18H21N3O3. The highest BCUT2D eigenvalue weighted by atomic mass is 16.6. The second-order valence-electron chi connectivity index (χ2n) is 6.55. The normalized spacial score (nSPS) is 20.5. The first-order chi connectivity index (χ1) is 11.5. The third kappa shape index (κ3) is 2.58. The maximum atomic E-state index is 12.1. The Balaban J connectivity index is 2.20. The lowest BCUT2D eigenvalue weighted by molar-refractivity contribution is 0.0582. The zero-order valence-electron chi connectivity index (χ0n) is 14.3. The fourth-order valence-corrected chi connectivity index (χ4v) is 3.53. The van der Waals surface area contributed by atoms with Gasteiger partial charge in [0.2, 0.25) is 0 Å². The number of fused-ring (bicyclic) bond motifs is 1. The summed E-state index contributed by atoms with van der Waals surface area (Å²) in [5.41, 5.74) is 3.29. The van der Waals surface area contributed by atoms with Crippen LogP contribution in [0.4, 0.5) is 0 Å². The van der Waals surface area contributed by atoms with Crippen molar-refractivity contribution in [3.05, 3.63) is 53.6 Å². The number of benzene rings is 1. The average Bonchev–Trinajstić information content (AvgIpc) is 3.02. The number of aromatic nitrogens is 2. The lowest BCUT2D eigenvalue weighted by atomic mass is 9.69. The molecule has 0 N–H and O–H groups in total. The summed E-state index contributed by atoms with van der Waals surface area (Å²) < 4.78 is 6.80. The Morgan fingerprint density at radius 3 is 2.79 bits per heavy atom. The van der Waals surface area contributed by atoms with Crippen LogP contribution in [0.25, 0.3) is 0 Å². The Morgan fingerprint density at radius 2 is 2.08 bits per heavy atom. The van der Waals surface area contributed by atoms with Crippen molar-refractivity contribution in [2.45, 2.75) is 26.3 Å². The second-order valence-corrected chi connectivity index (χ2v) is 6.55. The van der Waals surface area contributed by atoms with Gasteiger partial charge in [0.05, 0.1) is 31.4 Å². The number of hydrogen-bond acceptors (Lipinski definition) is 5. The van der Waals surface area contributed by atoms with Gasteiger partial charge in [-0.25, -0.2) is 9.78 Å². The lowest BCUT2D eigenvalue weighted by Gasteiger charge is -2.41. The number of esters is 1. The van der Waals surface area contributed by atoms with Crippen LogP contribution in [-0.2, 0) is 9.57 Å². The van der Waals surface area contributed by atoms with Crippen molar-refractivity contribution >= 4 is 11.7 Å². The summed E-state index contributed by atoms with van der Waals surface area (Å²) in [7, 11) is 2.93. The van der Waals surface area contributed by atoms with E-state index >= 15 is 0 Å². The van der Waals surface area contributed by atoms with Crippen LogP contribution in [0.15, 0.2) is 41.9 Å². The van der Waals surface area contributed by atoms with Crippen molar-refractivity contribution in [1.29, 1.82) is 0 Å². The zero-order chi connectivity index (χ0) is 17.3. The van der Waals surface area contributed by atoms with Crippen LogP contribution < -0.4 is 0 Å².